The number of anilines is 1. The molecule has 7 nitrogen and oxygen atoms in total. The van der Waals surface area contributed by atoms with Crippen molar-refractivity contribution in [3.05, 3.63) is 76.5 Å². The average molecular weight is 486 g/mol. The SMILES string of the molecule is COc1ccc(NC(=O)Cn2c(COc3ccc(Cl)cc3Cl)nc3ccccc32)c(OC)c1. The highest BCUT2D eigenvalue weighted by Crippen LogP contribution is 2.30. The van der Waals surface area contributed by atoms with Gasteiger partial charge in [0, 0.05) is 11.1 Å². The smallest absolute Gasteiger partial charge is 0.244 e. The monoisotopic (exact) mass is 485 g/mol. The van der Waals surface area contributed by atoms with E-state index in [0.717, 1.165) is 11.0 Å². The standard InChI is InChI=1S/C24H21Cl2N3O4/c1-31-16-8-9-19(22(12-16)32-2)28-24(30)13-29-20-6-4-3-5-18(20)27-23(29)14-33-21-10-7-15(25)11-17(21)26/h3-12H,13-14H2,1-2H3,(H,28,30). The van der Waals surface area contributed by atoms with E-state index in [1.54, 1.807) is 43.5 Å². The second-order valence-corrected chi connectivity index (χ2v) is 7.92. The Bertz CT molecular complexity index is 1310. The number of para-hydroxylation sites is 2. The highest BCUT2D eigenvalue weighted by atomic mass is 35.5. The molecule has 0 bridgehead atoms. The molecule has 1 N–H and O–H groups in total. The fourth-order valence-electron chi connectivity index (χ4n) is 3.38. The van der Waals surface area contributed by atoms with E-state index in [2.05, 4.69) is 10.3 Å². The van der Waals surface area contributed by atoms with Crippen LogP contribution in [0.1, 0.15) is 5.82 Å². The predicted molar refractivity (Wildman–Crippen MR) is 129 cm³/mol. The van der Waals surface area contributed by atoms with Crippen LogP contribution in [0.25, 0.3) is 11.0 Å². The number of ether oxygens (including phenoxy) is 3. The van der Waals surface area contributed by atoms with E-state index in [-0.39, 0.29) is 19.1 Å². The summed E-state index contributed by atoms with van der Waals surface area (Å²) in [6, 6.07) is 17.8. The molecule has 0 aliphatic rings. The Morgan fingerprint density at radius 2 is 1.82 bits per heavy atom. The number of methoxy groups -OCH3 is 2. The van der Waals surface area contributed by atoms with E-state index in [9.17, 15) is 4.79 Å². The van der Waals surface area contributed by atoms with Gasteiger partial charge in [0.25, 0.3) is 0 Å². The molecule has 0 fully saturated rings. The van der Waals surface area contributed by atoms with Gasteiger partial charge in [0.05, 0.1) is 36.0 Å². The first-order chi connectivity index (χ1) is 16.0. The normalized spacial score (nSPS) is 10.8. The van der Waals surface area contributed by atoms with Gasteiger partial charge in [0.2, 0.25) is 5.91 Å². The third-order valence-electron chi connectivity index (χ3n) is 4.97. The van der Waals surface area contributed by atoms with E-state index in [0.29, 0.717) is 38.8 Å². The number of carbonyl (C=O) groups excluding carboxylic acids is 1. The number of carbonyl (C=O) groups is 1. The Morgan fingerprint density at radius 3 is 2.58 bits per heavy atom. The van der Waals surface area contributed by atoms with Crippen LogP contribution in [0.2, 0.25) is 10.0 Å². The fraction of sp³-hybridized carbons (Fsp3) is 0.167. The highest BCUT2D eigenvalue weighted by molar-refractivity contribution is 6.35. The third-order valence-corrected chi connectivity index (χ3v) is 5.50. The van der Waals surface area contributed by atoms with Crippen molar-refractivity contribution in [2.45, 2.75) is 13.2 Å². The third kappa shape index (κ3) is 5.16. The molecular formula is C24H21Cl2N3O4. The molecule has 4 rings (SSSR count). The maximum atomic E-state index is 12.9. The molecule has 0 atom stereocenters. The van der Waals surface area contributed by atoms with Crippen LogP contribution in [0.5, 0.6) is 17.2 Å². The number of imidazole rings is 1. The molecule has 1 aromatic heterocycles. The van der Waals surface area contributed by atoms with Crippen LogP contribution in [-0.4, -0.2) is 29.7 Å². The second kappa shape index (κ2) is 10.0. The highest BCUT2D eigenvalue weighted by Gasteiger charge is 2.16. The summed E-state index contributed by atoms with van der Waals surface area (Å²) in [5.74, 6) is 1.95. The number of hydrogen-bond donors (Lipinski definition) is 1. The minimum atomic E-state index is -0.243. The van der Waals surface area contributed by atoms with Crippen molar-refractivity contribution in [2.24, 2.45) is 0 Å². The Hall–Kier alpha value is -3.42. The van der Waals surface area contributed by atoms with E-state index in [4.69, 9.17) is 37.4 Å². The van der Waals surface area contributed by atoms with Gasteiger partial charge >= 0.3 is 0 Å². The summed E-state index contributed by atoms with van der Waals surface area (Å²) >= 11 is 12.2. The van der Waals surface area contributed by atoms with Gasteiger partial charge < -0.3 is 24.1 Å². The first-order valence-electron chi connectivity index (χ1n) is 10.0. The quantitative estimate of drug-likeness (QED) is 0.352. The topological polar surface area (TPSA) is 74.6 Å². The first kappa shape index (κ1) is 22.8. The van der Waals surface area contributed by atoms with Crippen LogP contribution in [0, 0.1) is 0 Å². The number of rotatable bonds is 8. The van der Waals surface area contributed by atoms with Gasteiger partial charge in [-0.2, -0.15) is 0 Å². The zero-order chi connectivity index (χ0) is 23.4. The van der Waals surface area contributed by atoms with Crippen LogP contribution in [0.3, 0.4) is 0 Å². The molecule has 170 valence electrons. The van der Waals surface area contributed by atoms with E-state index in [1.807, 2.05) is 28.8 Å². The maximum absolute atomic E-state index is 12.9. The van der Waals surface area contributed by atoms with Gasteiger partial charge in [-0.25, -0.2) is 4.98 Å². The molecule has 9 heteroatoms. The zero-order valence-corrected chi connectivity index (χ0v) is 19.5. The molecule has 0 unspecified atom stereocenters. The van der Waals surface area contributed by atoms with Gasteiger partial charge in [-0.15, -0.1) is 0 Å². The van der Waals surface area contributed by atoms with Crippen molar-refractivity contribution in [3.63, 3.8) is 0 Å². The molecule has 1 amide bonds. The molecule has 0 saturated carbocycles. The van der Waals surface area contributed by atoms with Crippen molar-refractivity contribution in [1.29, 1.82) is 0 Å². The lowest BCUT2D eigenvalue weighted by Crippen LogP contribution is -2.21. The van der Waals surface area contributed by atoms with E-state index >= 15 is 0 Å². The number of halogens is 2. The lowest BCUT2D eigenvalue weighted by atomic mass is 10.2. The summed E-state index contributed by atoms with van der Waals surface area (Å²) in [6.45, 7) is 0.151. The van der Waals surface area contributed by atoms with E-state index in [1.165, 1.54) is 7.11 Å². The van der Waals surface area contributed by atoms with Crippen molar-refractivity contribution < 1.29 is 19.0 Å². The number of hydrogen-bond acceptors (Lipinski definition) is 5. The molecule has 33 heavy (non-hydrogen) atoms. The van der Waals surface area contributed by atoms with Crippen molar-refractivity contribution in [2.75, 3.05) is 19.5 Å². The molecule has 3 aromatic carbocycles. The van der Waals surface area contributed by atoms with Gasteiger partial charge in [-0.1, -0.05) is 35.3 Å². The molecule has 0 aliphatic carbocycles. The maximum Gasteiger partial charge on any atom is 0.244 e. The summed E-state index contributed by atoms with van der Waals surface area (Å²) in [5, 5.41) is 3.80. The van der Waals surface area contributed by atoms with Crippen LogP contribution in [-0.2, 0) is 17.9 Å². The van der Waals surface area contributed by atoms with Crippen LogP contribution in [0.15, 0.2) is 60.7 Å². The second-order valence-electron chi connectivity index (χ2n) is 7.08. The van der Waals surface area contributed by atoms with E-state index < -0.39 is 0 Å². The summed E-state index contributed by atoms with van der Waals surface area (Å²) in [7, 11) is 3.10. The van der Waals surface area contributed by atoms with Gasteiger partial charge in [-0.05, 0) is 42.5 Å². The van der Waals surface area contributed by atoms with Crippen LogP contribution < -0.4 is 19.5 Å². The molecule has 0 saturated heterocycles. The predicted octanol–water partition coefficient (Wildman–Crippen LogP) is 5.58. The number of amides is 1. The number of nitrogens with zero attached hydrogens (tertiary/aromatic N) is 2. The van der Waals surface area contributed by atoms with Crippen LogP contribution in [0.4, 0.5) is 5.69 Å². The molecule has 0 aliphatic heterocycles. The molecule has 0 spiro atoms. The van der Waals surface area contributed by atoms with Crippen molar-refractivity contribution in [3.8, 4) is 17.2 Å². The Labute approximate surface area is 200 Å². The lowest BCUT2D eigenvalue weighted by molar-refractivity contribution is -0.116. The first-order valence-corrected chi connectivity index (χ1v) is 10.8. The summed E-state index contributed by atoms with van der Waals surface area (Å²) in [6.07, 6.45) is 0. The Balaban J connectivity index is 1.57. The summed E-state index contributed by atoms with van der Waals surface area (Å²) in [4.78, 5) is 17.6. The van der Waals surface area contributed by atoms with Crippen molar-refractivity contribution in [1.82, 2.24) is 9.55 Å². The molecule has 1 heterocycles. The minimum Gasteiger partial charge on any atom is -0.497 e. The van der Waals surface area contributed by atoms with Gasteiger partial charge in [0.15, 0.2) is 0 Å². The number of fused-ring (bicyclic) bond motifs is 1. The van der Waals surface area contributed by atoms with Crippen molar-refractivity contribution >= 4 is 45.8 Å². The number of aromatic nitrogens is 2. The molecule has 0 radical (unpaired) electrons. The summed E-state index contributed by atoms with van der Waals surface area (Å²) in [5.41, 5.74) is 2.11. The largest absolute Gasteiger partial charge is 0.497 e. The van der Waals surface area contributed by atoms with Crippen LogP contribution >= 0.6 is 23.2 Å². The molecular weight excluding hydrogens is 465 g/mol. The average Bonchev–Trinajstić information content (AvgIpc) is 3.16. The number of benzene rings is 3. The van der Waals surface area contributed by atoms with Gasteiger partial charge in [0.1, 0.15) is 36.2 Å². The van der Waals surface area contributed by atoms with Gasteiger partial charge in [-0.3, -0.25) is 4.79 Å². The molecule has 4 aromatic rings. The zero-order valence-electron chi connectivity index (χ0n) is 18.0. The Morgan fingerprint density at radius 1 is 1.00 bits per heavy atom. The minimum absolute atomic E-state index is 0.0305. The summed E-state index contributed by atoms with van der Waals surface area (Å²) < 4.78 is 18.3. The Kier molecular flexibility index (Phi) is 6.91. The fourth-order valence-corrected chi connectivity index (χ4v) is 3.84. The number of nitrogens with one attached hydrogen (secondary N) is 1. The lowest BCUT2D eigenvalue weighted by Gasteiger charge is -2.14.